The molecule has 0 radical (unpaired) electrons. The van der Waals surface area contributed by atoms with E-state index in [0.717, 1.165) is 44.6 Å². The van der Waals surface area contributed by atoms with Crippen LogP contribution in [0.15, 0.2) is 66.7 Å². The molecule has 4 rings (SSSR count). The molecule has 2 aromatic carbocycles. The Morgan fingerprint density at radius 1 is 0.429 bits per heavy atom. The van der Waals surface area contributed by atoms with Gasteiger partial charge in [-0.2, -0.15) is 0 Å². The molecule has 0 fully saturated rings. The molecule has 9 nitrogen and oxygen atoms in total. The number of carboxylic acid groups (broad SMARTS) is 1. The second kappa shape index (κ2) is 47.2. The quantitative estimate of drug-likeness (QED) is 0.0148. The van der Waals surface area contributed by atoms with Crippen LogP contribution in [0.1, 0.15) is 317 Å². The van der Waals surface area contributed by atoms with Gasteiger partial charge in [0.05, 0.1) is 37.2 Å². The van der Waals surface area contributed by atoms with Gasteiger partial charge < -0.3 is 38.7 Å². The third-order valence-electron chi connectivity index (χ3n) is 16.4. The van der Waals surface area contributed by atoms with E-state index in [1.165, 1.54) is 249 Å². The van der Waals surface area contributed by atoms with Crippen LogP contribution in [0.4, 0.5) is 8.63 Å². The maximum atomic E-state index is 14.1. The summed E-state index contributed by atoms with van der Waals surface area (Å²) in [6.07, 6.45) is 54.5. The number of aromatic nitrogens is 2. The van der Waals surface area contributed by atoms with Crippen molar-refractivity contribution in [1.29, 1.82) is 0 Å². The molecule has 0 atom stereocenters. The van der Waals surface area contributed by atoms with Crippen molar-refractivity contribution >= 4 is 25.0 Å². The fourth-order valence-corrected chi connectivity index (χ4v) is 11.2. The molecule has 0 unspecified atom stereocenters. The number of rotatable bonds is 56. The molecule has 0 saturated heterocycles. The smallest absolute Gasteiger partial charge is 0.545 e. The van der Waals surface area contributed by atoms with E-state index in [-0.39, 0.29) is 22.7 Å². The molecule has 84 heavy (non-hydrogen) atoms. The second-order valence-corrected chi connectivity index (χ2v) is 23.8. The van der Waals surface area contributed by atoms with E-state index >= 15 is 0 Å². The van der Waals surface area contributed by atoms with Crippen LogP contribution in [0.5, 0.6) is 17.2 Å². The average Bonchev–Trinajstić information content (AvgIpc) is 4.31. The number of carbonyl (C=O) groups is 2. The Morgan fingerprint density at radius 2 is 0.774 bits per heavy atom. The summed E-state index contributed by atoms with van der Waals surface area (Å²) in [6.45, 7) is 8.40. The van der Waals surface area contributed by atoms with Crippen LogP contribution in [0.2, 0.25) is 0 Å². The Balaban J connectivity index is 1.47. The number of aromatic carboxylic acids is 1. The lowest BCUT2D eigenvalue weighted by Gasteiger charge is -2.19. The highest BCUT2D eigenvalue weighted by Gasteiger charge is 2.24. The van der Waals surface area contributed by atoms with Crippen molar-refractivity contribution in [2.24, 2.45) is 0 Å². The SMILES string of the molecule is CCCCCCCCCCCCCCCCOc1cc(-c2ccc(/C(=C\C(=O)c3ccc(-c4cccc(C(=O)[O-])c4)[nH]3)OB(F)F)[nH]2)cc(OCCCCCCCCCCCCCCCC)c1OCCCCCCCCCCCCCCCC. The molecule has 2 heterocycles. The van der Waals surface area contributed by atoms with E-state index < -0.39 is 19.2 Å². The number of ketones is 1. The van der Waals surface area contributed by atoms with Crippen LogP contribution in [0, 0.1) is 0 Å². The van der Waals surface area contributed by atoms with Gasteiger partial charge in [0.1, 0.15) is 5.76 Å². The average molecular weight is 1170 g/mol. The third kappa shape index (κ3) is 31.9. The molecule has 470 valence electrons. The molecule has 4 aromatic rings. The normalized spacial score (nSPS) is 11.6. The van der Waals surface area contributed by atoms with E-state index in [0.29, 0.717) is 59.6 Å². The zero-order valence-corrected chi connectivity index (χ0v) is 52.9. The highest BCUT2D eigenvalue weighted by atomic mass is 19.2. The summed E-state index contributed by atoms with van der Waals surface area (Å²) >= 11 is 0. The summed E-state index contributed by atoms with van der Waals surface area (Å²) in [5, 5.41) is 11.5. The number of nitrogens with one attached hydrogen (secondary N) is 2. The molecule has 0 aliphatic carbocycles. The van der Waals surface area contributed by atoms with Gasteiger partial charge in [-0.25, -0.2) is 8.63 Å². The number of halogens is 2. The summed E-state index contributed by atoms with van der Waals surface area (Å²) < 4.78 is 53.2. The van der Waals surface area contributed by atoms with Gasteiger partial charge in [-0.05, 0) is 72.9 Å². The van der Waals surface area contributed by atoms with Crippen LogP contribution in [-0.4, -0.2) is 49.0 Å². The van der Waals surface area contributed by atoms with Crippen molar-refractivity contribution < 1.29 is 42.2 Å². The molecule has 0 aliphatic heterocycles. The summed E-state index contributed by atoms with van der Waals surface area (Å²) in [6, 6.07) is 16.6. The zero-order valence-electron chi connectivity index (χ0n) is 52.9. The molecule has 0 spiro atoms. The maximum absolute atomic E-state index is 14.1. The van der Waals surface area contributed by atoms with Crippen molar-refractivity contribution in [3.05, 3.63) is 83.7 Å². The summed E-state index contributed by atoms with van der Waals surface area (Å²) in [7, 11) is -3.21. The third-order valence-corrected chi connectivity index (χ3v) is 16.4. The van der Waals surface area contributed by atoms with Gasteiger partial charge in [0.2, 0.25) is 11.5 Å². The van der Waals surface area contributed by atoms with Crippen molar-refractivity contribution in [3.8, 4) is 39.8 Å². The minimum Gasteiger partial charge on any atom is -0.545 e. The van der Waals surface area contributed by atoms with Crippen LogP contribution >= 0.6 is 0 Å². The fourth-order valence-electron chi connectivity index (χ4n) is 11.2. The van der Waals surface area contributed by atoms with Gasteiger partial charge >= 0.3 is 7.47 Å². The topological polar surface area (TPSA) is 126 Å². The van der Waals surface area contributed by atoms with Gasteiger partial charge in [0.25, 0.3) is 0 Å². The predicted molar refractivity (Wildman–Crippen MR) is 346 cm³/mol. The Hall–Kier alpha value is -5.00. The van der Waals surface area contributed by atoms with Crippen LogP contribution in [0.3, 0.4) is 0 Å². The standard InChI is InChI=1S/C72H113BF2N2O7/c1-4-7-10-13-16-19-22-25-28-31-34-37-40-43-53-81-69-57-62(64-50-52-66(77-64)68(84-73(74)75)59-67(78)65-51-49-63(76-65)60-47-46-48-61(56-60)72(79)80)58-70(82-54-44-41-38-35-32-29-26-23-20-17-14-11-8-5-2)71(69)83-55-45-42-39-36-33-30-27-24-21-18-15-12-9-6-3/h46-52,56-59,76-77H,4-45,53-55H2,1-3H3,(H,79,80)/p-1/b68-59+. The monoisotopic (exact) mass is 1170 g/mol. The van der Waals surface area contributed by atoms with Crippen molar-refractivity contribution in [1.82, 2.24) is 9.97 Å². The fraction of sp³-hybridized carbons (Fsp3) is 0.667. The highest BCUT2D eigenvalue weighted by Crippen LogP contribution is 2.43. The minimum absolute atomic E-state index is 0.0140. The number of allylic oxidation sites excluding steroid dienone is 1. The molecule has 0 bridgehead atoms. The summed E-state index contributed by atoms with van der Waals surface area (Å²) in [5.41, 5.74) is 2.58. The Labute approximate surface area is 508 Å². The first-order valence-electron chi connectivity index (χ1n) is 34.2. The van der Waals surface area contributed by atoms with Gasteiger partial charge in [0.15, 0.2) is 11.5 Å². The molecule has 0 aliphatic rings. The minimum atomic E-state index is -3.21. The van der Waals surface area contributed by atoms with E-state index in [9.17, 15) is 23.3 Å². The van der Waals surface area contributed by atoms with E-state index in [1.54, 1.807) is 30.3 Å². The summed E-state index contributed by atoms with van der Waals surface area (Å²) in [4.78, 5) is 31.4. The van der Waals surface area contributed by atoms with Crippen LogP contribution < -0.4 is 19.3 Å². The number of carbonyl (C=O) groups excluding carboxylic acids is 2. The molecular formula is C72H112BF2N2O7-. The number of ether oxygens (including phenoxy) is 3. The van der Waals surface area contributed by atoms with Crippen molar-refractivity contribution in [2.75, 3.05) is 19.8 Å². The predicted octanol–water partition coefficient (Wildman–Crippen LogP) is 21.8. The number of hydrogen-bond acceptors (Lipinski definition) is 7. The van der Waals surface area contributed by atoms with E-state index in [4.69, 9.17) is 18.9 Å². The van der Waals surface area contributed by atoms with Crippen molar-refractivity contribution in [3.63, 3.8) is 0 Å². The Morgan fingerprint density at radius 3 is 1.15 bits per heavy atom. The van der Waals surface area contributed by atoms with E-state index in [2.05, 4.69) is 30.7 Å². The highest BCUT2D eigenvalue weighted by molar-refractivity contribution is 6.36. The van der Waals surface area contributed by atoms with Gasteiger partial charge in [0, 0.05) is 23.0 Å². The van der Waals surface area contributed by atoms with Gasteiger partial charge in [-0.15, -0.1) is 0 Å². The largest absolute Gasteiger partial charge is 0.796 e. The second-order valence-electron chi connectivity index (χ2n) is 23.8. The summed E-state index contributed by atoms with van der Waals surface area (Å²) in [5.74, 6) is -0.505. The van der Waals surface area contributed by atoms with E-state index in [1.807, 2.05) is 12.1 Å². The lowest BCUT2D eigenvalue weighted by Crippen LogP contribution is -2.22. The maximum Gasteiger partial charge on any atom is 0.796 e. The molecule has 0 amide bonds. The number of carboxylic acids is 1. The Kier molecular flexibility index (Phi) is 40.2. The molecule has 2 aromatic heterocycles. The number of aromatic amines is 2. The first kappa shape index (κ1) is 71.5. The molecule has 2 N–H and O–H groups in total. The molecule has 12 heteroatoms. The molecular weight excluding hydrogens is 1050 g/mol. The van der Waals surface area contributed by atoms with Gasteiger partial charge in [-0.1, -0.05) is 289 Å². The Bertz CT molecular complexity index is 2270. The van der Waals surface area contributed by atoms with Crippen LogP contribution in [-0.2, 0) is 4.65 Å². The molecule has 0 saturated carbocycles. The lowest BCUT2D eigenvalue weighted by molar-refractivity contribution is -0.255. The first-order chi connectivity index (χ1) is 41.2. The van der Waals surface area contributed by atoms with Crippen molar-refractivity contribution in [2.45, 2.75) is 290 Å². The zero-order chi connectivity index (χ0) is 59.9. The van der Waals surface area contributed by atoms with Crippen LogP contribution in [0.25, 0.3) is 28.3 Å². The number of H-pyrrole nitrogens is 2. The lowest BCUT2D eigenvalue weighted by atomic mass is 10.0. The number of benzene rings is 2. The number of unbranched alkanes of at least 4 members (excludes halogenated alkanes) is 39. The van der Waals surface area contributed by atoms with Gasteiger partial charge in [-0.3, -0.25) is 4.79 Å². The first-order valence-corrected chi connectivity index (χ1v) is 34.2. The number of hydrogen-bond donors (Lipinski definition) is 2.